The molecule has 0 amide bonds. The van der Waals surface area contributed by atoms with Gasteiger partial charge in [0.1, 0.15) is 0 Å². The predicted octanol–water partition coefficient (Wildman–Crippen LogP) is 2.78. The van der Waals surface area contributed by atoms with E-state index in [2.05, 4.69) is 0 Å². The molecule has 0 saturated carbocycles. The van der Waals surface area contributed by atoms with Crippen LogP contribution in [0.5, 0.6) is 0 Å². The number of hydrogen-bond donors (Lipinski definition) is 0. The Balaban J connectivity index is 0.000000145. The van der Waals surface area contributed by atoms with Gasteiger partial charge in [0, 0.05) is 0 Å². The molecule has 1 aromatic rings. The Morgan fingerprint density at radius 2 is 1.50 bits per heavy atom. The van der Waals surface area contributed by atoms with Gasteiger partial charge < -0.3 is 0 Å². The van der Waals surface area contributed by atoms with Crippen LogP contribution in [0.25, 0.3) is 0 Å². The second-order valence-corrected chi connectivity index (χ2v) is 4.77. The van der Waals surface area contributed by atoms with Gasteiger partial charge in [-0.05, 0) is 0 Å². The fourth-order valence-electron chi connectivity index (χ4n) is 0.321. The van der Waals surface area contributed by atoms with E-state index in [4.69, 9.17) is 17.0 Å². The summed E-state index contributed by atoms with van der Waals surface area (Å²) >= 11 is -0.826. The molecule has 0 bridgehead atoms. The van der Waals surface area contributed by atoms with Crippen LogP contribution in [0.15, 0.2) is 30.3 Å². The van der Waals surface area contributed by atoms with E-state index in [0.29, 0.717) is 0 Å². The Bertz CT molecular complexity index is 77.3. The summed E-state index contributed by atoms with van der Waals surface area (Å²) in [5.74, 6) is 0. The summed E-state index contributed by atoms with van der Waals surface area (Å²) in [4.78, 5) is 0. The van der Waals surface area contributed by atoms with Crippen molar-refractivity contribution in [1.82, 2.24) is 0 Å². The van der Waals surface area contributed by atoms with Crippen molar-refractivity contribution < 1.29 is 20.8 Å². The van der Waals surface area contributed by atoms with Crippen LogP contribution < -0.4 is 0 Å². The van der Waals surface area contributed by atoms with Crippen molar-refractivity contribution in [3.63, 3.8) is 0 Å². The minimum absolute atomic E-state index is 0.826. The summed E-state index contributed by atoms with van der Waals surface area (Å²) in [6.45, 7) is 0. The number of rotatable bonds is 0. The molecule has 0 atom stereocenters. The zero-order chi connectivity index (χ0) is 6.24. The SMILES string of the molecule is [Cl][Zr][Cl].c1cc[cH-]c1. The maximum Gasteiger partial charge on any atom is -0.172 e. The van der Waals surface area contributed by atoms with E-state index in [1.807, 2.05) is 30.3 Å². The fraction of sp³-hybridized carbons (Fsp3) is 0. The van der Waals surface area contributed by atoms with Crippen molar-refractivity contribution in [2.24, 2.45) is 0 Å². The average molecular weight is 227 g/mol. The summed E-state index contributed by atoms with van der Waals surface area (Å²) < 4.78 is 0. The van der Waals surface area contributed by atoms with Gasteiger partial charge in [-0.1, -0.05) is 0 Å². The minimum atomic E-state index is -0.826. The van der Waals surface area contributed by atoms with Crippen molar-refractivity contribution >= 4 is 17.0 Å². The molecule has 8 heavy (non-hydrogen) atoms. The van der Waals surface area contributed by atoms with E-state index in [0.717, 1.165) is 0 Å². The predicted molar refractivity (Wildman–Crippen MR) is 33.7 cm³/mol. The van der Waals surface area contributed by atoms with Crippen LogP contribution in [0.1, 0.15) is 0 Å². The Hall–Kier alpha value is 0.813. The first kappa shape index (κ1) is 8.81. The topological polar surface area (TPSA) is 0 Å². The monoisotopic (exact) mass is 225 g/mol. The first-order valence-corrected chi connectivity index (χ1v) is 8.37. The summed E-state index contributed by atoms with van der Waals surface area (Å²) in [6, 6.07) is 10.0. The molecular weight excluding hydrogens is 222 g/mol. The van der Waals surface area contributed by atoms with Crippen molar-refractivity contribution in [3.8, 4) is 0 Å². The molecule has 0 nitrogen and oxygen atoms in total. The summed E-state index contributed by atoms with van der Waals surface area (Å²) in [7, 11) is 9.87. The van der Waals surface area contributed by atoms with Gasteiger partial charge in [-0.25, -0.2) is 12.1 Å². The van der Waals surface area contributed by atoms with Gasteiger partial charge in [-0.2, -0.15) is 18.2 Å². The van der Waals surface area contributed by atoms with Gasteiger partial charge in [0.15, 0.2) is 0 Å². The molecule has 0 N–H and O–H groups in total. The van der Waals surface area contributed by atoms with Crippen LogP contribution in [0.4, 0.5) is 0 Å². The fourth-order valence-corrected chi connectivity index (χ4v) is 0.321. The van der Waals surface area contributed by atoms with Gasteiger partial charge in [-0.15, -0.1) is 0 Å². The Kier molecular flexibility index (Phi) is 8.61. The van der Waals surface area contributed by atoms with E-state index in [1.165, 1.54) is 0 Å². The van der Waals surface area contributed by atoms with Crippen molar-refractivity contribution in [3.05, 3.63) is 30.3 Å². The zero-order valence-corrected chi connectivity index (χ0v) is 8.11. The van der Waals surface area contributed by atoms with Crippen LogP contribution in [0.2, 0.25) is 0 Å². The minimum Gasteiger partial charge on any atom is -0.214 e. The van der Waals surface area contributed by atoms with E-state index in [1.54, 1.807) is 0 Å². The van der Waals surface area contributed by atoms with E-state index in [-0.39, 0.29) is 0 Å². The molecule has 3 heteroatoms. The van der Waals surface area contributed by atoms with Gasteiger partial charge in [0.05, 0.1) is 0 Å². The Morgan fingerprint density at radius 1 is 1.12 bits per heavy atom. The van der Waals surface area contributed by atoms with E-state index >= 15 is 0 Å². The molecule has 0 aliphatic heterocycles. The van der Waals surface area contributed by atoms with E-state index in [9.17, 15) is 0 Å². The first-order chi connectivity index (χ1) is 3.91. The van der Waals surface area contributed by atoms with Crippen molar-refractivity contribution in [2.45, 2.75) is 0 Å². The summed E-state index contributed by atoms with van der Waals surface area (Å²) in [5, 5.41) is 0. The normalized spacial score (nSPS) is 6.75. The van der Waals surface area contributed by atoms with Crippen LogP contribution >= 0.6 is 17.0 Å². The largest absolute Gasteiger partial charge is 0.214 e. The summed E-state index contributed by atoms with van der Waals surface area (Å²) in [6.07, 6.45) is 0. The Morgan fingerprint density at radius 3 is 1.62 bits per heavy atom. The standard InChI is InChI=1S/C5H5.2ClH.Zr/c1-2-4-5-3-1;;;/h1-5H;2*1H;/q-1;;;+2/p-2. The number of hydrogen-bond acceptors (Lipinski definition) is 0. The second kappa shape index (κ2) is 7.81. The molecule has 0 radical (unpaired) electrons. The quantitative estimate of drug-likeness (QED) is 0.598. The molecule has 0 spiro atoms. The first-order valence-electron chi connectivity index (χ1n) is 2.04. The molecule has 0 fully saturated rings. The van der Waals surface area contributed by atoms with Gasteiger partial charge in [0.25, 0.3) is 0 Å². The van der Waals surface area contributed by atoms with E-state index < -0.39 is 20.8 Å². The smallest absolute Gasteiger partial charge is 0.172 e. The maximum absolute atomic E-state index is 4.93. The molecule has 0 saturated heterocycles. The van der Waals surface area contributed by atoms with Crippen LogP contribution in [-0.4, -0.2) is 0 Å². The summed E-state index contributed by atoms with van der Waals surface area (Å²) in [5.41, 5.74) is 0. The average Bonchev–Trinajstić information content (AvgIpc) is 2.17. The molecule has 0 unspecified atom stereocenters. The second-order valence-electron chi connectivity index (χ2n) is 1.03. The Labute approximate surface area is 67.8 Å². The van der Waals surface area contributed by atoms with Crippen molar-refractivity contribution in [2.75, 3.05) is 0 Å². The third-order valence-electron chi connectivity index (χ3n) is 0.556. The molecule has 0 aliphatic rings. The van der Waals surface area contributed by atoms with Gasteiger partial charge >= 0.3 is 37.9 Å². The molecular formula is C5H5Cl2Zr-. The zero-order valence-electron chi connectivity index (χ0n) is 4.14. The molecule has 1 aromatic carbocycles. The molecule has 1 rings (SSSR count). The molecule has 0 aliphatic carbocycles. The molecule has 44 valence electrons. The van der Waals surface area contributed by atoms with Crippen LogP contribution in [0, 0.1) is 0 Å². The van der Waals surface area contributed by atoms with Gasteiger partial charge in [-0.3, -0.25) is 0 Å². The van der Waals surface area contributed by atoms with Crippen molar-refractivity contribution in [1.29, 1.82) is 0 Å². The molecule has 0 aromatic heterocycles. The number of halogens is 2. The third-order valence-corrected chi connectivity index (χ3v) is 0.556. The van der Waals surface area contributed by atoms with Crippen LogP contribution in [-0.2, 0) is 20.8 Å². The maximum atomic E-state index is 4.93. The van der Waals surface area contributed by atoms with Crippen LogP contribution in [0.3, 0.4) is 0 Å². The van der Waals surface area contributed by atoms with Gasteiger partial charge in [0.2, 0.25) is 0 Å². The molecule has 0 heterocycles. The third kappa shape index (κ3) is 6.81.